The molecule has 2 nitrogen and oxygen atoms in total. The van der Waals surface area contributed by atoms with Crippen LogP contribution < -0.4 is 0 Å². The van der Waals surface area contributed by atoms with Gasteiger partial charge in [-0.3, -0.25) is 0 Å². The molecule has 0 aliphatic rings. The van der Waals surface area contributed by atoms with Crippen LogP contribution in [0.2, 0.25) is 5.28 Å². The fourth-order valence-electron chi connectivity index (χ4n) is 4.84. The van der Waals surface area contributed by atoms with E-state index in [2.05, 4.69) is 113 Å². The molecule has 2 heterocycles. The van der Waals surface area contributed by atoms with Crippen LogP contribution in [0.5, 0.6) is 0 Å². The Kier molecular flexibility index (Phi) is 4.41. The largest absolute Gasteiger partial charge is 0.224 e. The van der Waals surface area contributed by atoms with Crippen LogP contribution in [0.15, 0.2) is 103 Å². The highest BCUT2D eigenvalue weighted by Crippen LogP contribution is 2.39. The molecule has 0 radical (unpaired) electrons. The minimum absolute atomic E-state index is 0.275. The maximum atomic E-state index is 6.36. The lowest BCUT2D eigenvalue weighted by molar-refractivity contribution is 1.24. The molecule has 0 amide bonds. The summed E-state index contributed by atoms with van der Waals surface area (Å²) in [6, 6.07) is 36.5. The van der Waals surface area contributed by atoms with E-state index in [1.54, 1.807) is 11.3 Å². The molecule has 160 valence electrons. The highest BCUT2D eigenvalue weighted by molar-refractivity contribution is 7.25. The van der Waals surface area contributed by atoms with Gasteiger partial charge >= 0.3 is 0 Å². The minimum Gasteiger partial charge on any atom is -0.217 e. The molecule has 0 saturated heterocycles. The van der Waals surface area contributed by atoms with Crippen LogP contribution in [0.25, 0.3) is 64.2 Å². The van der Waals surface area contributed by atoms with Gasteiger partial charge in [0, 0.05) is 21.0 Å². The van der Waals surface area contributed by atoms with Crippen molar-refractivity contribution in [2.75, 3.05) is 0 Å². The molecular weight excluding hydrogens is 456 g/mol. The third-order valence-corrected chi connectivity index (χ3v) is 7.66. The summed E-state index contributed by atoms with van der Waals surface area (Å²) in [7, 11) is 0. The molecule has 0 spiro atoms. The Morgan fingerprint density at radius 3 is 2.24 bits per heavy atom. The zero-order chi connectivity index (χ0) is 22.6. The molecule has 0 bridgehead atoms. The average molecular weight is 473 g/mol. The lowest BCUT2D eigenvalue weighted by atomic mass is 9.96. The van der Waals surface area contributed by atoms with Gasteiger partial charge in [0.25, 0.3) is 0 Å². The van der Waals surface area contributed by atoms with E-state index in [9.17, 15) is 0 Å². The van der Waals surface area contributed by atoms with Crippen molar-refractivity contribution >= 4 is 64.8 Å². The molecule has 0 aliphatic heterocycles. The number of fused-ring (bicyclic) bond motifs is 6. The van der Waals surface area contributed by atoms with Gasteiger partial charge in [-0.25, -0.2) is 9.97 Å². The predicted octanol–water partition coefficient (Wildman–Crippen LogP) is 9.14. The van der Waals surface area contributed by atoms with E-state index < -0.39 is 0 Å². The van der Waals surface area contributed by atoms with Gasteiger partial charge < -0.3 is 0 Å². The van der Waals surface area contributed by atoms with Gasteiger partial charge in [0.2, 0.25) is 5.28 Å². The molecule has 0 aliphatic carbocycles. The topological polar surface area (TPSA) is 25.8 Å². The second-order valence-electron chi connectivity index (χ2n) is 8.42. The Hall–Kier alpha value is -3.79. The van der Waals surface area contributed by atoms with Gasteiger partial charge in [0.05, 0.1) is 5.69 Å². The highest BCUT2D eigenvalue weighted by Gasteiger charge is 2.15. The number of rotatable bonds is 2. The molecule has 0 unspecified atom stereocenters. The average Bonchev–Trinajstić information content (AvgIpc) is 3.26. The molecule has 5 aromatic carbocycles. The Labute approximate surface area is 205 Å². The molecule has 0 saturated carbocycles. The van der Waals surface area contributed by atoms with Gasteiger partial charge in [-0.15, -0.1) is 11.3 Å². The molecule has 0 atom stereocenters. The monoisotopic (exact) mass is 472 g/mol. The first-order chi connectivity index (χ1) is 16.7. The Morgan fingerprint density at radius 1 is 0.559 bits per heavy atom. The van der Waals surface area contributed by atoms with Crippen LogP contribution in [0.4, 0.5) is 0 Å². The zero-order valence-corrected chi connectivity index (χ0v) is 19.6. The summed E-state index contributed by atoms with van der Waals surface area (Å²) in [6.45, 7) is 0. The molecule has 7 aromatic rings. The second kappa shape index (κ2) is 7.63. The third-order valence-electron chi connectivity index (χ3n) is 6.43. The van der Waals surface area contributed by atoms with Crippen molar-refractivity contribution in [1.29, 1.82) is 0 Å². The maximum Gasteiger partial charge on any atom is 0.224 e. The van der Waals surface area contributed by atoms with Crippen LogP contribution in [-0.2, 0) is 0 Å². The van der Waals surface area contributed by atoms with Crippen LogP contribution in [0.1, 0.15) is 0 Å². The summed E-state index contributed by atoms with van der Waals surface area (Å²) >= 11 is 8.01. The van der Waals surface area contributed by atoms with E-state index >= 15 is 0 Å². The third kappa shape index (κ3) is 3.09. The quantitative estimate of drug-likeness (QED) is 0.185. The molecule has 34 heavy (non-hydrogen) atoms. The minimum atomic E-state index is 0.275. The van der Waals surface area contributed by atoms with Gasteiger partial charge in [-0.1, -0.05) is 84.9 Å². The summed E-state index contributed by atoms with van der Waals surface area (Å²) in [4.78, 5) is 10.1. The molecule has 0 N–H and O–H groups in total. The van der Waals surface area contributed by atoms with Gasteiger partial charge in [0.15, 0.2) is 0 Å². The van der Waals surface area contributed by atoms with E-state index in [1.165, 1.54) is 31.8 Å². The fraction of sp³-hybridized carbons (Fsp3) is 0. The first kappa shape index (κ1) is 19.7. The number of hydrogen-bond donors (Lipinski definition) is 0. The SMILES string of the molecule is Clc1nc(-c2cccc(-c3ccc4c(ccc5ccccc54)c3)c2)c2c(n1)sc1ccccc12. The van der Waals surface area contributed by atoms with E-state index in [0.29, 0.717) is 0 Å². The first-order valence-corrected chi connectivity index (χ1v) is 12.3. The van der Waals surface area contributed by atoms with Crippen molar-refractivity contribution in [3.05, 3.63) is 108 Å². The Bertz CT molecular complexity index is 1890. The molecule has 0 fully saturated rings. The summed E-state index contributed by atoms with van der Waals surface area (Å²) in [6.07, 6.45) is 0. The number of benzene rings is 5. The van der Waals surface area contributed by atoms with Crippen molar-refractivity contribution in [3.63, 3.8) is 0 Å². The molecule has 4 heteroatoms. The predicted molar refractivity (Wildman–Crippen MR) is 146 cm³/mol. The van der Waals surface area contributed by atoms with Gasteiger partial charge in [-0.05, 0) is 62.5 Å². The van der Waals surface area contributed by atoms with E-state index in [1.807, 2.05) is 0 Å². The number of hydrogen-bond acceptors (Lipinski definition) is 3. The number of aromatic nitrogens is 2. The second-order valence-corrected chi connectivity index (χ2v) is 9.79. The van der Waals surface area contributed by atoms with Crippen LogP contribution in [-0.4, -0.2) is 9.97 Å². The van der Waals surface area contributed by atoms with Crippen molar-refractivity contribution in [2.24, 2.45) is 0 Å². The van der Waals surface area contributed by atoms with Crippen molar-refractivity contribution < 1.29 is 0 Å². The van der Waals surface area contributed by atoms with Crippen molar-refractivity contribution in [1.82, 2.24) is 9.97 Å². The van der Waals surface area contributed by atoms with E-state index in [-0.39, 0.29) is 5.28 Å². The zero-order valence-electron chi connectivity index (χ0n) is 18.0. The number of nitrogens with zero attached hydrogens (tertiary/aromatic N) is 2. The molecule has 2 aromatic heterocycles. The number of thiophene rings is 1. The Balaban J connectivity index is 1.41. The summed E-state index contributed by atoms with van der Waals surface area (Å²) in [5, 5.41) is 7.55. The van der Waals surface area contributed by atoms with Crippen molar-refractivity contribution in [3.8, 4) is 22.4 Å². The van der Waals surface area contributed by atoms with Gasteiger partial charge in [-0.2, -0.15) is 0 Å². The fourth-order valence-corrected chi connectivity index (χ4v) is 6.14. The summed E-state index contributed by atoms with van der Waals surface area (Å²) < 4.78 is 1.19. The lowest BCUT2D eigenvalue weighted by Crippen LogP contribution is -1.90. The van der Waals surface area contributed by atoms with Gasteiger partial charge in [0.1, 0.15) is 4.83 Å². The summed E-state index contributed by atoms with van der Waals surface area (Å²) in [5.41, 5.74) is 4.24. The summed E-state index contributed by atoms with van der Waals surface area (Å²) in [5.74, 6) is 0. The van der Waals surface area contributed by atoms with Crippen LogP contribution in [0, 0.1) is 0 Å². The smallest absolute Gasteiger partial charge is 0.217 e. The first-order valence-electron chi connectivity index (χ1n) is 11.1. The van der Waals surface area contributed by atoms with E-state index in [0.717, 1.165) is 32.4 Å². The lowest BCUT2D eigenvalue weighted by Gasteiger charge is -2.10. The molecular formula is C30H17ClN2S. The van der Waals surface area contributed by atoms with Crippen LogP contribution >= 0.6 is 22.9 Å². The standard InChI is InChI=1S/C30H17ClN2S/c31-30-32-28(27-25-10-3-4-11-26(25)34-29(27)33-30)22-8-5-7-19(17-22)20-14-15-24-21(16-20)13-12-18-6-1-2-9-23(18)24/h1-17H. The molecule has 7 rings (SSSR count). The van der Waals surface area contributed by atoms with Crippen molar-refractivity contribution in [2.45, 2.75) is 0 Å². The normalized spacial score (nSPS) is 11.7. The van der Waals surface area contributed by atoms with Crippen LogP contribution in [0.3, 0.4) is 0 Å². The Morgan fingerprint density at radius 2 is 1.29 bits per heavy atom. The van der Waals surface area contributed by atoms with E-state index in [4.69, 9.17) is 11.6 Å². The highest BCUT2D eigenvalue weighted by atomic mass is 35.5. The maximum absolute atomic E-state index is 6.36. The number of halogens is 1.